The second-order valence-corrected chi connectivity index (χ2v) is 13.1. The maximum absolute atomic E-state index is 12.7. The Morgan fingerprint density at radius 2 is 1.20 bits per heavy atom. The zero-order valence-electron chi connectivity index (χ0n) is 25.6. The predicted octanol–water partition coefficient (Wildman–Crippen LogP) is 2.99. The number of nitrogens with two attached hydrogens (primary N) is 1. The molecule has 3 aliphatic rings. The Labute approximate surface area is 278 Å². The van der Waals surface area contributed by atoms with Crippen LogP contribution in [0, 0.1) is 0 Å². The molecular formula is C33H28N6O9S. The lowest BCUT2D eigenvalue weighted by Crippen LogP contribution is -2.35. The molecule has 6 amide bonds. The molecule has 3 aliphatic heterocycles. The molecule has 4 aromatic rings. The number of hydrogen-bond acceptors (Lipinski definition) is 10. The Balaban J connectivity index is 0.000000182. The fraction of sp³-hybridized carbons (Fsp3) is 0.152. The lowest BCUT2D eigenvalue weighted by atomic mass is 10.1. The van der Waals surface area contributed by atoms with E-state index in [0.29, 0.717) is 13.1 Å². The van der Waals surface area contributed by atoms with E-state index in [1.54, 1.807) is 12.1 Å². The van der Waals surface area contributed by atoms with Gasteiger partial charge >= 0.3 is 0 Å². The van der Waals surface area contributed by atoms with E-state index in [2.05, 4.69) is 21.3 Å². The summed E-state index contributed by atoms with van der Waals surface area (Å²) in [6.07, 6.45) is 2.71. The van der Waals surface area contributed by atoms with Crippen LogP contribution in [0.25, 0.3) is 0 Å². The van der Waals surface area contributed by atoms with Gasteiger partial charge in [-0.1, -0.05) is 18.6 Å². The first kappa shape index (κ1) is 32.8. The average molecular weight is 685 g/mol. The fourth-order valence-electron chi connectivity index (χ4n) is 5.53. The first-order chi connectivity index (χ1) is 23.4. The van der Waals surface area contributed by atoms with E-state index < -0.39 is 45.5 Å². The van der Waals surface area contributed by atoms with Gasteiger partial charge in [0.15, 0.2) is 11.6 Å². The molecular weight excluding hydrogens is 656 g/mol. The van der Waals surface area contributed by atoms with Gasteiger partial charge in [-0.25, -0.2) is 8.42 Å². The minimum absolute atomic E-state index is 0.0184. The van der Waals surface area contributed by atoms with Crippen LogP contribution in [0.1, 0.15) is 81.6 Å². The summed E-state index contributed by atoms with van der Waals surface area (Å²) in [7, 11) is -3.57. The van der Waals surface area contributed by atoms with E-state index in [1.165, 1.54) is 65.0 Å². The summed E-state index contributed by atoms with van der Waals surface area (Å²) in [5.74, 6) is -3.03. The molecule has 0 saturated carbocycles. The first-order valence-electron chi connectivity index (χ1n) is 15.0. The third kappa shape index (κ3) is 6.54. The number of benzene rings is 3. The molecule has 0 radical (unpaired) electrons. The minimum Gasteiger partial charge on any atom is -0.436 e. The number of anilines is 3. The van der Waals surface area contributed by atoms with Crippen molar-refractivity contribution >= 4 is 62.7 Å². The number of carbonyl (C=O) groups excluding carboxylic acids is 6. The summed E-state index contributed by atoms with van der Waals surface area (Å²) >= 11 is 0. The van der Waals surface area contributed by atoms with Crippen LogP contribution in [-0.2, 0) is 10.0 Å². The van der Waals surface area contributed by atoms with Gasteiger partial charge in [0.1, 0.15) is 0 Å². The Kier molecular flexibility index (Phi) is 8.82. The number of sulfonamides is 1. The number of furan rings is 1. The van der Waals surface area contributed by atoms with Crippen molar-refractivity contribution in [3.05, 3.63) is 106 Å². The van der Waals surface area contributed by atoms with Gasteiger partial charge in [0.2, 0.25) is 10.0 Å². The number of fused-ring (bicyclic) bond motifs is 2. The zero-order valence-corrected chi connectivity index (χ0v) is 26.4. The van der Waals surface area contributed by atoms with E-state index >= 15 is 0 Å². The molecule has 1 saturated heterocycles. The number of carbonyl (C=O) groups is 6. The van der Waals surface area contributed by atoms with Crippen LogP contribution in [0.2, 0.25) is 0 Å². The van der Waals surface area contributed by atoms with Gasteiger partial charge in [0, 0.05) is 24.7 Å². The summed E-state index contributed by atoms with van der Waals surface area (Å²) in [6.45, 7) is 1.01. The van der Waals surface area contributed by atoms with E-state index in [-0.39, 0.29) is 55.7 Å². The van der Waals surface area contributed by atoms with Gasteiger partial charge in [-0.15, -0.1) is 0 Å². The molecule has 4 heterocycles. The quantitative estimate of drug-likeness (QED) is 0.187. The van der Waals surface area contributed by atoms with Crippen LogP contribution in [0.3, 0.4) is 0 Å². The van der Waals surface area contributed by atoms with Gasteiger partial charge in [-0.3, -0.25) is 39.4 Å². The molecule has 15 nitrogen and oxygen atoms in total. The Bertz CT molecular complexity index is 2150. The van der Waals surface area contributed by atoms with Crippen molar-refractivity contribution in [2.45, 2.75) is 24.2 Å². The standard InChI is InChI=1S/C20H19N3O5S.C13H9N3O4/c24-18(21-16-6-4-5-15-17(16)20(26)22-19(15)25)13-7-9-14(10-8-13)29(27,28)23-11-2-1-3-12-23;14-9-5-4-8(20-9)12(18)15-7-3-1-2-6-10(7)13(19)16-11(6)17/h4-10H,1-3,11-12H2,(H,21,24)(H,22,25,26);1-5H,14H2,(H,15,18)(H,16,17,19). The van der Waals surface area contributed by atoms with Gasteiger partial charge in [-0.05, 0) is 67.4 Å². The number of imide groups is 2. The largest absolute Gasteiger partial charge is 0.436 e. The number of amides is 6. The van der Waals surface area contributed by atoms with Crippen LogP contribution in [0.4, 0.5) is 17.3 Å². The molecule has 0 bridgehead atoms. The van der Waals surface area contributed by atoms with Crippen molar-refractivity contribution < 1.29 is 41.6 Å². The Morgan fingerprint density at radius 1 is 0.673 bits per heavy atom. The number of piperidine rings is 1. The highest BCUT2D eigenvalue weighted by molar-refractivity contribution is 7.89. The summed E-state index contributed by atoms with van der Waals surface area (Å²) in [4.78, 5) is 71.6. The molecule has 49 heavy (non-hydrogen) atoms. The molecule has 0 aliphatic carbocycles. The smallest absolute Gasteiger partial charge is 0.291 e. The van der Waals surface area contributed by atoms with Crippen LogP contribution in [0.5, 0.6) is 0 Å². The van der Waals surface area contributed by atoms with Crippen LogP contribution in [0.15, 0.2) is 82.1 Å². The summed E-state index contributed by atoms with van der Waals surface area (Å²) in [5, 5.41) is 9.50. The second-order valence-electron chi connectivity index (χ2n) is 11.1. The van der Waals surface area contributed by atoms with Gasteiger partial charge < -0.3 is 20.8 Å². The average Bonchev–Trinajstić information content (AvgIpc) is 3.76. The zero-order chi connectivity index (χ0) is 34.9. The van der Waals surface area contributed by atoms with Crippen molar-refractivity contribution in [1.29, 1.82) is 0 Å². The molecule has 0 unspecified atom stereocenters. The lowest BCUT2D eigenvalue weighted by molar-refractivity contribution is 0.0863. The van der Waals surface area contributed by atoms with Gasteiger partial charge in [0.25, 0.3) is 35.4 Å². The van der Waals surface area contributed by atoms with E-state index in [0.717, 1.165) is 19.3 Å². The monoisotopic (exact) mass is 684 g/mol. The van der Waals surface area contributed by atoms with Gasteiger partial charge in [0.05, 0.1) is 38.5 Å². The van der Waals surface area contributed by atoms with E-state index in [4.69, 9.17) is 10.2 Å². The molecule has 1 aromatic heterocycles. The summed E-state index contributed by atoms with van der Waals surface area (Å²) < 4.78 is 31.9. The third-order valence-corrected chi connectivity index (χ3v) is 9.86. The normalized spacial score (nSPS) is 15.3. The van der Waals surface area contributed by atoms with E-state index in [9.17, 15) is 37.2 Å². The molecule has 1 fully saturated rings. The molecule has 16 heteroatoms. The van der Waals surface area contributed by atoms with Crippen molar-refractivity contribution in [1.82, 2.24) is 14.9 Å². The summed E-state index contributed by atoms with van der Waals surface area (Å²) in [5.41, 5.74) is 6.79. The maximum atomic E-state index is 12.7. The third-order valence-electron chi connectivity index (χ3n) is 7.94. The van der Waals surface area contributed by atoms with Crippen LogP contribution < -0.4 is 27.0 Å². The fourth-order valence-corrected chi connectivity index (χ4v) is 7.05. The predicted molar refractivity (Wildman–Crippen MR) is 175 cm³/mol. The number of nitrogen functional groups attached to an aromatic ring is 1. The maximum Gasteiger partial charge on any atom is 0.291 e. The molecule has 0 spiro atoms. The minimum atomic E-state index is -3.57. The number of nitrogens with one attached hydrogen (secondary N) is 4. The van der Waals surface area contributed by atoms with Crippen LogP contribution in [-0.4, -0.2) is 61.3 Å². The van der Waals surface area contributed by atoms with Crippen molar-refractivity contribution in [3.8, 4) is 0 Å². The second kappa shape index (κ2) is 13.2. The molecule has 3 aromatic carbocycles. The SMILES string of the molecule is Nc1ccc(C(=O)Nc2cccc3c2C(=O)NC3=O)o1.O=C(Nc1cccc2c1C(=O)NC2=O)c1ccc(S(=O)(=O)N2CCCCC2)cc1. The number of nitrogens with zero attached hydrogens (tertiary/aromatic N) is 1. The number of rotatable bonds is 6. The first-order valence-corrected chi connectivity index (χ1v) is 16.4. The van der Waals surface area contributed by atoms with Crippen molar-refractivity contribution in [2.75, 3.05) is 29.5 Å². The number of hydrogen-bond donors (Lipinski definition) is 5. The Hall–Kier alpha value is -6.13. The van der Waals surface area contributed by atoms with Crippen LogP contribution >= 0.6 is 0 Å². The molecule has 7 rings (SSSR count). The highest BCUT2D eigenvalue weighted by Gasteiger charge is 2.31. The topological polar surface area (TPSA) is 227 Å². The van der Waals surface area contributed by atoms with Crippen molar-refractivity contribution in [2.24, 2.45) is 0 Å². The summed E-state index contributed by atoms with van der Waals surface area (Å²) in [6, 6.07) is 17.8. The molecule has 6 N–H and O–H groups in total. The lowest BCUT2D eigenvalue weighted by Gasteiger charge is -2.25. The molecule has 250 valence electrons. The van der Waals surface area contributed by atoms with E-state index in [1.807, 2.05) is 0 Å². The highest BCUT2D eigenvalue weighted by Crippen LogP contribution is 2.27. The highest BCUT2D eigenvalue weighted by atomic mass is 32.2. The Morgan fingerprint density at radius 3 is 1.71 bits per heavy atom. The van der Waals surface area contributed by atoms with Crippen molar-refractivity contribution in [3.63, 3.8) is 0 Å². The van der Waals surface area contributed by atoms with Gasteiger partial charge in [-0.2, -0.15) is 4.31 Å². The molecule has 0 atom stereocenters.